The molecule has 0 bridgehead atoms. The summed E-state index contributed by atoms with van der Waals surface area (Å²) in [4.78, 5) is 0. The quantitative estimate of drug-likeness (QED) is 0.193. The summed E-state index contributed by atoms with van der Waals surface area (Å²) in [5, 5.41) is 0. The Kier molecular flexibility index (Phi) is 33.5. The largest absolute Gasteiger partial charge is 0.494 e. The summed E-state index contributed by atoms with van der Waals surface area (Å²) >= 11 is 0. The molecule has 194 valence electrons. The van der Waals surface area contributed by atoms with Crippen molar-refractivity contribution in [3.8, 4) is 5.75 Å². The third-order valence-electron chi connectivity index (χ3n) is 5.35. The Morgan fingerprint density at radius 3 is 1.53 bits per heavy atom. The van der Waals surface area contributed by atoms with E-state index in [1.54, 1.807) is 0 Å². The molecule has 1 rings (SSSR count). The minimum Gasteiger partial charge on any atom is -0.494 e. The molecule has 0 saturated heterocycles. The first-order valence-corrected chi connectivity index (χ1v) is 12.1. The van der Waals surface area contributed by atoms with Crippen molar-refractivity contribution >= 4 is 0 Å². The summed E-state index contributed by atoms with van der Waals surface area (Å²) in [6.07, 6.45) is 19.5. The minimum absolute atomic E-state index is 0. The zero-order chi connectivity index (χ0) is 20.3. The average Bonchev–Trinajstić information content (AvgIpc) is 2.69. The monoisotopic (exact) mass is 454 g/mol. The van der Waals surface area contributed by atoms with Gasteiger partial charge in [-0.3, -0.25) is 0 Å². The normalized spacial score (nSPS) is 9.72. The zero-order valence-electron chi connectivity index (χ0n) is 19.1. The number of unbranched alkanes of at least 4 members (excludes halogenated alkanes) is 13. The molecule has 0 saturated carbocycles. The van der Waals surface area contributed by atoms with Crippen molar-refractivity contribution in [2.24, 2.45) is 0 Å². The molecule has 0 aliphatic rings. The standard InChI is InChI=1S/C26H46O2.4CH4/c1-4-6-7-8-9-10-11-12-13-14-15-16-17-18-19-28-26-21-24(3)20-25(22-26)23-27-5-2;;;;/h20-22H,4-19,23H2,1-3H3;4*1H4. The van der Waals surface area contributed by atoms with Gasteiger partial charge in [-0.05, 0) is 43.5 Å². The smallest absolute Gasteiger partial charge is 0.119 e. The third-order valence-corrected chi connectivity index (χ3v) is 5.35. The molecule has 32 heavy (non-hydrogen) atoms. The van der Waals surface area contributed by atoms with E-state index < -0.39 is 0 Å². The van der Waals surface area contributed by atoms with Crippen LogP contribution in [0.3, 0.4) is 0 Å². The maximum Gasteiger partial charge on any atom is 0.119 e. The molecule has 0 atom stereocenters. The molecule has 0 unspecified atom stereocenters. The fraction of sp³-hybridized carbons (Fsp3) is 0.800. The SMILES string of the molecule is C.C.C.C.CCCCCCCCCCCCCCCCOc1cc(C)cc(COCC)c1. The molecule has 0 fully saturated rings. The van der Waals surface area contributed by atoms with Crippen LogP contribution in [0.25, 0.3) is 0 Å². The fourth-order valence-electron chi connectivity index (χ4n) is 3.70. The number of rotatable bonds is 19. The molecule has 0 aliphatic heterocycles. The first-order chi connectivity index (χ1) is 13.8. The van der Waals surface area contributed by atoms with Gasteiger partial charge in [0.1, 0.15) is 5.75 Å². The summed E-state index contributed by atoms with van der Waals surface area (Å²) in [5.41, 5.74) is 2.45. The maximum atomic E-state index is 5.96. The van der Waals surface area contributed by atoms with Crippen molar-refractivity contribution < 1.29 is 9.47 Å². The predicted octanol–water partition coefficient (Wildman–Crippen LogP) is 10.9. The molecule has 0 heterocycles. The minimum atomic E-state index is 0. The topological polar surface area (TPSA) is 18.5 Å². The Bertz CT molecular complexity index is 470. The number of hydrogen-bond acceptors (Lipinski definition) is 2. The highest BCUT2D eigenvalue weighted by Crippen LogP contribution is 2.18. The molecule has 1 aromatic rings. The number of benzene rings is 1. The van der Waals surface area contributed by atoms with Crippen molar-refractivity contribution in [2.75, 3.05) is 13.2 Å². The van der Waals surface area contributed by atoms with Gasteiger partial charge in [-0.1, -0.05) is 126 Å². The molecule has 0 aliphatic carbocycles. The zero-order valence-corrected chi connectivity index (χ0v) is 19.1. The molecule has 2 heteroatoms. The van der Waals surface area contributed by atoms with E-state index in [4.69, 9.17) is 9.47 Å². The van der Waals surface area contributed by atoms with Crippen LogP contribution in [-0.4, -0.2) is 13.2 Å². The summed E-state index contributed by atoms with van der Waals surface area (Å²) < 4.78 is 11.5. The Labute approximate surface area is 204 Å². The van der Waals surface area contributed by atoms with Gasteiger partial charge in [-0.2, -0.15) is 0 Å². The second-order valence-electron chi connectivity index (χ2n) is 8.24. The van der Waals surface area contributed by atoms with Crippen molar-refractivity contribution in [1.29, 1.82) is 0 Å². The first kappa shape index (κ1) is 38.3. The summed E-state index contributed by atoms with van der Waals surface area (Å²) in [6, 6.07) is 6.42. The van der Waals surface area contributed by atoms with E-state index in [0.717, 1.165) is 25.4 Å². The van der Waals surface area contributed by atoms with E-state index in [2.05, 4.69) is 32.0 Å². The number of ether oxygens (including phenoxy) is 2. The van der Waals surface area contributed by atoms with Gasteiger partial charge < -0.3 is 9.47 Å². The summed E-state index contributed by atoms with van der Waals surface area (Å²) in [7, 11) is 0. The molecule has 0 aromatic heterocycles. The number of hydrogen-bond donors (Lipinski definition) is 0. The summed E-state index contributed by atoms with van der Waals surface area (Å²) in [6.45, 7) is 8.70. The molecule has 0 radical (unpaired) electrons. The molecule has 0 spiro atoms. The van der Waals surface area contributed by atoms with Gasteiger partial charge >= 0.3 is 0 Å². The molecule has 1 aromatic carbocycles. The predicted molar refractivity (Wildman–Crippen MR) is 149 cm³/mol. The van der Waals surface area contributed by atoms with E-state index in [9.17, 15) is 0 Å². The van der Waals surface area contributed by atoms with Gasteiger partial charge in [-0.15, -0.1) is 0 Å². The Hall–Kier alpha value is -1.02. The van der Waals surface area contributed by atoms with E-state index >= 15 is 0 Å². The second-order valence-corrected chi connectivity index (χ2v) is 8.24. The van der Waals surface area contributed by atoms with Crippen molar-refractivity contribution in [2.45, 2.75) is 147 Å². The van der Waals surface area contributed by atoms with Crippen LogP contribution in [-0.2, 0) is 11.3 Å². The van der Waals surface area contributed by atoms with Gasteiger partial charge in [0, 0.05) is 6.61 Å². The fourth-order valence-corrected chi connectivity index (χ4v) is 3.70. The van der Waals surface area contributed by atoms with E-state index in [1.807, 2.05) is 6.92 Å². The number of aryl methyl sites for hydroxylation is 1. The highest BCUT2D eigenvalue weighted by atomic mass is 16.5. The van der Waals surface area contributed by atoms with Crippen LogP contribution < -0.4 is 4.74 Å². The van der Waals surface area contributed by atoms with Crippen LogP contribution in [0.5, 0.6) is 5.75 Å². The van der Waals surface area contributed by atoms with E-state index in [1.165, 1.54) is 94.6 Å². The van der Waals surface area contributed by atoms with Crippen molar-refractivity contribution in [3.63, 3.8) is 0 Å². The van der Waals surface area contributed by atoms with Crippen molar-refractivity contribution in [3.05, 3.63) is 29.3 Å². The third kappa shape index (κ3) is 22.2. The maximum absolute atomic E-state index is 5.96. The summed E-state index contributed by atoms with van der Waals surface area (Å²) in [5.74, 6) is 0.990. The lowest BCUT2D eigenvalue weighted by Crippen LogP contribution is -1.99. The lowest BCUT2D eigenvalue weighted by atomic mass is 10.0. The average molecular weight is 455 g/mol. The Morgan fingerprint density at radius 1 is 0.594 bits per heavy atom. The van der Waals surface area contributed by atoms with Crippen LogP contribution >= 0.6 is 0 Å². The van der Waals surface area contributed by atoms with E-state index in [0.29, 0.717) is 6.61 Å². The van der Waals surface area contributed by atoms with Gasteiger partial charge in [-0.25, -0.2) is 0 Å². The van der Waals surface area contributed by atoms with Crippen LogP contribution in [0, 0.1) is 6.92 Å². The molecule has 2 nitrogen and oxygen atoms in total. The van der Waals surface area contributed by atoms with Gasteiger partial charge in [0.2, 0.25) is 0 Å². The lowest BCUT2D eigenvalue weighted by molar-refractivity contribution is 0.134. The molecular weight excluding hydrogens is 392 g/mol. The molecule has 0 amide bonds. The Balaban J connectivity index is -0.000000980. The van der Waals surface area contributed by atoms with Crippen LogP contribution in [0.15, 0.2) is 18.2 Å². The van der Waals surface area contributed by atoms with Gasteiger partial charge in [0.15, 0.2) is 0 Å². The molecular formula is C30H62O2. The lowest BCUT2D eigenvalue weighted by Gasteiger charge is -2.10. The second kappa shape index (κ2) is 28.0. The van der Waals surface area contributed by atoms with Crippen LogP contribution in [0.1, 0.15) is 145 Å². The Morgan fingerprint density at radius 2 is 1.06 bits per heavy atom. The van der Waals surface area contributed by atoms with E-state index in [-0.39, 0.29) is 29.7 Å². The van der Waals surface area contributed by atoms with Gasteiger partial charge in [0.05, 0.1) is 13.2 Å². The highest BCUT2D eigenvalue weighted by Gasteiger charge is 2.01. The van der Waals surface area contributed by atoms with Crippen LogP contribution in [0.2, 0.25) is 0 Å². The van der Waals surface area contributed by atoms with Crippen LogP contribution in [0.4, 0.5) is 0 Å². The molecule has 0 N–H and O–H groups in total. The first-order valence-electron chi connectivity index (χ1n) is 12.1. The van der Waals surface area contributed by atoms with Gasteiger partial charge in [0.25, 0.3) is 0 Å². The highest BCUT2D eigenvalue weighted by molar-refractivity contribution is 5.33. The van der Waals surface area contributed by atoms with Crippen molar-refractivity contribution in [1.82, 2.24) is 0 Å².